The maximum atomic E-state index is 12.2. The number of anilines is 1. The fraction of sp³-hybridized carbons (Fsp3) is 0.381. The van der Waals surface area contributed by atoms with Crippen molar-refractivity contribution < 1.29 is 5.11 Å². The topological polar surface area (TPSA) is 96.1 Å². The van der Waals surface area contributed by atoms with Gasteiger partial charge in [-0.05, 0) is 56.5 Å². The number of benzene rings is 1. The number of hydrogen-bond acceptors (Lipinski definition) is 4. The fourth-order valence-electron chi connectivity index (χ4n) is 3.64. The Balaban J connectivity index is 1.97. The van der Waals surface area contributed by atoms with Crippen molar-refractivity contribution in [3.8, 4) is 0 Å². The van der Waals surface area contributed by atoms with Crippen LogP contribution < -0.4 is 16.6 Å². The van der Waals surface area contributed by atoms with Gasteiger partial charge < -0.3 is 20.4 Å². The summed E-state index contributed by atoms with van der Waals surface area (Å²) in [5, 5.41) is 15.0. The SMILES string of the molecule is CCC(C)n1cc(C)c2c(C(O)NCc3c(C)cc(N)[nH]c3=O)cc(Br)cc21. The molecule has 7 heteroatoms. The van der Waals surface area contributed by atoms with Gasteiger partial charge >= 0.3 is 0 Å². The van der Waals surface area contributed by atoms with E-state index in [1.165, 1.54) is 0 Å². The average molecular weight is 447 g/mol. The highest BCUT2D eigenvalue weighted by Gasteiger charge is 2.19. The first-order valence-corrected chi connectivity index (χ1v) is 10.2. The molecule has 2 aromatic heterocycles. The Morgan fingerprint density at radius 1 is 1.29 bits per heavy atom. The normalized spacial score (nSPS) is 13.8. The van der Waals surface area contributed by atoms with Gasteiger partial charge in [0.2, 0.25) is 0 Å². The number of aliphatic hydroxyl groups excluding tert-OH is 1. The van der Waals surface area contributed by atoms with Crippen molar-refractivity contribution in [1.29, 1.82) is 0 Å². The Bertz CT molecular complexity index is 1070. The zero-order valence-corrected chi connectivity index (χ0v) is 18.2. The zero-order chi connectivity index (χ0) is 20.6. The van der Waals surface area contributed by atoms with Gasteiger partial charge in [0.1, 0.15) is 12.0 Å². The largest absolute Gasteiger partial charge is 0.385 e. The summed E-state index contributed by atoms with van der Waals surface area (Å²) < 4.78 is 3.15. The smallest absolute Gasteiger partial charge is 0.254 e. The number of aromatic amines is 1. The Labute approximate surface area is 172 Å². The van der Waals surface area contributed by atoms with Crippen LogP contribution in [0.5, 0.6) is 0 Å². The van der Waals surface area contributed by atoms with E-state index in [-0.39, 0.29) is 12.1 Å². The average Bonchev–Trinajstić information content (AvgIpc) is 2.95. The monoisotopic (exact) mass is 446 g/mol. The molecule has 28 heavy (non-hydrogen) atoms. The molecule has 0 fully saturated rings. The molecule has 0 saturated heterocycles. The molecule has 0 spiro atoms. The minimum absolute atomic E-state index is 0.238. The lowest BCUT2D eigenvalue weighted by Crippen LogP contribution is -2.26. The highest BCUT2D eigenvalue weighted by atomic mass is 79.9. The highest BCUT2D eigenvalue weighted by molar-refractivity contribution is 9.10. The van der Waals surface area contributed by atoms with Crippen LogP contribution in [0.25, 0.3) is 10.9 Å². The summed E-state index contributed by atoms with van der Waals surface area (Å²) in [7, 11) is 0. The predicted molar refractivity (Wildman–Crippen MR) is 117 cm³/mol. The van der Waals surface area contributed by atoms with E-state index in [1.807, 2.05) is 13.0 Å². The lowest BCUT2D eigenvalue weighted by Gasteiger charge is -2.18. The molecule has 0 aliphatic heterocycles. The molecular formula is C21H27BrN4O2. The third-order valence-corrected chi connectivity index (χ3v) is 5.79. The number of nitrogens with zero attached hydrogens (tertiary/aromatic N) is 1. The third-order valence-electron chi connectivity index (χ3n) is 5.33. The van der Waals surface area contributed by atoms with Gasteiger partial charge in [0.25, 0.3) is 5.56 Å². The summed E-state index contributed by atoms with van der Waals surface area (Å²) in [6.45, 7) is 8.47. The minimum Gasteiger partial charge on any atom is -0.385 e. The molecule has 2 unspecified atom stereocenters. The van der Waals surface area contributed by atoms with E-state index in [0.29, 0.717) is 17.4 Å². The predicted octanol–water partition coefficient (Wildman–Crippen LogP) is 4.04. The molecule has 3 aromatic rings. The van der Waals surface area contributed by atoms with Crippen molar-refractivity contribution in [2.24, 2.45) is 0 Å². The number of aliphatic hydroxyl groups is 1. The van der Waals surface area contributed by atoms with Crippen molar-refractivity contribution >= 4 is 32.7 Å². The summed E-state index contributed by atoms with van der Waals surface area (Å²) in [4.78, 5) is 14.8. The van der Waals surface area contributed by atoms with E-state index in [9.17, 15) is 9.90 Å². The van der Waals surface area contributed by atoms with Crippen LogP contribution in [0.2, 0.25) is 0 Å². The third kappa shape index (κ3) is 3.87. The van der Waals surface area contributed by atoms with E-state index < -0.39 is 6.23 Å². The summed E-state index contributed by atoms with van der Waals surface area (Å²) in [5.41, 5.74) is 9.77. The summed E-state index contributed by atoms with van der Waals surface area (Å²) >= 11 is 3.57. The van der Waals surface area contributed by atoms with Crippen molar-refractivity contribution in [3.05, 3.63) is 61.5 Å². The molecule has 1 aromatic carbocycles. The number of halogens is 1. The lowest BCUT2D eigenvalue weighted by molar-refractivity contribution is 0.138. The molecule has 3 rings (SSSR count). The quantitative estimate of drug-likeness (QED) is 0.429. The van der Waals surface area contributed by atoms with E-state index >= 15 is 0 Å². The first kappa shape index (κ1) is 20.6. The van der Waals surface area contributed by atoms with E-state index in [4.69, 9.17) is 5.73 Å². The van der Waals surface area contributed by atoms with Gasteiger partial charge in [-0.1, -0.05) is 22.9 Å². The molecule has 0 saturated carbocycles. The molecule has 0 amide bonds. The number of H-pyrrole nitrogens is 1. The summed E-state index contributed by atoms with van der Waals surface area (Å²) in [6.07, 6.45) is 2.24. The van der Waals surface area contributed by atoms with Gasteiger partial charge in [-0.25, -0.2) is 0 Å². The Hall–Kier alpha value is -2.09. The van der Waals surface area contributed by atoms with Gasteiger partial charge in [-0.2, -0.15) is 0 Å². The molecule has 6 nitrogen and oxygen atoms in total. The molecule has 0 aliphatic rings. The Morgan fingerprint density at radius 3 is 2.64 bits per heavy atom. The fourth-order valence-corrected chi connectivity index (χ4v) is 4.10. The number of nitrogens with two attached hydrogens (primary N) is 1. The summed E-state index contributed by atoms with van der Waals surface area (Å²) in [6, 6.07) is 6.09. The lowest BCUT2D eigenvalue weighted by atomic mass is 10.0. The molecule has 0 bridgehead atoms. The number of aromatic nitrogens is 2. The first-order chi connectivity index (χ1) is 13.2. The number of nitrogens with one attached hydrogen (secondary N) is 2. The van der Waals surface area contributed by atoms with E-state index in [1.54, 1.807) is 6.07 Å². The van der Waals surface area contributed by atoms with Gasteiger partial charge in [0.05, 0.1) is 5.52 Å². The molecule has 150 valence electrons. The van der Waals surface area contributed by atoms with Crippen LogP contribution in [-0.2, 0) is 6.54 Å². The molecular weight excluding hydrogens is 420 g/mol. The number of rotatable bonds is 6. The molecule has 2 atom stereocenters. The second-order valence-electron chi connectivity index (χ2n) is 7.36. The van der Waals surface area contributed by atoms with E-state index in [0.717, 1.165) is 38.5 Å². The minimum atomic E-state index is -0.914. The van der Waals surface area contributed by atoms with Crippen molar-refractivity contribution in [2.75, 3.05) is 5.73 Å². The van der Waals surface area contributed by atoms with Crippen LogP contribution in [0.15, 0.2) is 33.7 Å². The number of pyridine rings is 1. The van der Waals surface area contributed by atoms with Crippen molar-refractivity contribution in [1.82, 2.24) is 14.9 Å². The van der Waals surface area contributed by atoms with E-state index in [2.05, 4.69) is 63.8 Å². The first-order valence-electron chi connectivity index (χ1n) is 9.43. The van der Waals surface area contributed by atoms with Crippen LogP contribution in [0.4, 0.5) is 5.82 Å². The number of aryl methyl sites for hydroxylation is 2. The molecule has 0 aliphatic carbocycles. The van der Waals surface area contributed by atoms with Crippen molar-refractivity contribution in [3.63, 3.8) is 0 Å². The maximum absolute atomic E-state index is 12.2. The van der Waals surface area contributed by atoms with Crippen molar-refractivity contribution in [2.45, 2.75) is 52.9 Å². The second kappa shape index (κ2) is 8.11. The number of hydrogen-bond donors (Lipinski definition) is 4. The zero-order valence-electron chi connectivity index (χ0n) is 16.6. The molecule has 0 radical (unpaired) electrons. The van der Waals surface area contributed by atoms with Gasteiger partial charge in [0, 0.05) is 39.8 Å². The second-order valence-corrected chi connectivity index (χ2v) is 8.28. The van der Waals surface area contributed by atoms with Gasteiger partial charge in [-0.15, -0.1) is 0 Å². The summed E-state index contributed by atoms with van der Waals surface area (Å²) in [5.74, 6) is 0.336. The molecule has 5 N–H and O–H groups in total. The highest BCUT2D eigenvalue weighted by Crippen LogP contribution is 2.34. The van der Waals surface area contributed by atoms with Crippen LogP contribution in [-0.4, -0.2) is 14.7 Å². The van der Waals surface area contributed by atoms with Crippen LogP contribution in [0.3, 0.4) is 0 Å². The van der Waals surface area contributed by atoms with Crippen LogP contribution in [0, 0.1) is 13.8 Å². The van der Waals surface area contributed by atoms with Gasteiger partial charge in [-0.3, -0.25) is 10.1 Å². The van der Waals surface area contributed by atoms with Crippen LogP contribution in [0.1, 0.15) is 54.8 Å². The maximum Gasteiger partial charge on any atom is 0.254 e. The van der Waals surface area contributed by atoms with Gasteiger partial charge in [0.15, 0.2) is 0 Å². The van der Waals surface area contributed by atoms with Crippen LogP contribution >= 0.6 is 15.9 Å². The standard InChI is InChI=1S/C21H27BrN4O2/c1-5-13(4)26-10-12(3)19-15(7-14(22)8-17(19)26)20(27)24-9-16-11(2)6-18(23)25-21(16)28/h6-8,10,13,20,24,27H,5,9H2,1-4H3,(H3,23,25,28). The number of nitrogen functional groups attached to an aromatic ring is 1. The number of fused-ring (bicyclic) bond motifs is 1. The Morgan fingerprint density at radius 2 is 2.00 bits per heavy atom. The Kier molecular flexibility index (Phi) is 5.98. The molecule has 2 heterocycles.